The zero-order valence-corrected chi connectivity index (χ0v) is 31.4. The van der Waals surface area contributed by atoms with Gasteiger partial charge < -0.3 is 8.82 Å². The van der Waals surface area contributed by atoms with E-state index >= 15 is 0 Å². The third-order valence-electron chi connectivity index (χ3n) is 12.5. The van der Waals surface area contributed by atoms with Crippen molar-refractivity contribution < 1.29 is 4.42 Å². The number of fused-ring (bicyclic) bond motifs is 18. The molecule has 14 aromatic rings. The zero-order valence-electron chi connectivity index (χ0n) is 31.4. The van der Waals surface area contributed by atoms with E-state index in [4.69, 9.17) is 19.4 Å². The molecule has 9 aromatic carbocycles. The van der Waals surface area contributed by atoms with Crippen LogP contribution in [-0.2, 0) is 0 Å². The second-order valence-electron chi connectivity index (χ2n) is 15.5. The summed E-state index contributed by atoms with van der Waals surface area (Å²) in [7, 11) is 0. The van der Waals surface area contributed by atoms with Gasteiger partial charge in [-0.25, -0.2) is 4.98 Å². The largest absolute Gasteiger partial charge is 0.455 e. The van der Waals surface area contributed by atoms with Gasteiger partial charge in [0, 0.05) is 54.0 Å². The molecule has 14 rings (SSSR count). The van der Waals surface area contributed by atoms with Crippen LogP contribution >= 0.6 is 0 Å². The second kappa shape index (κ2) is 11.3. The van der Waals surface area contributed by atoms with Crippen molar-refractivity contribution >= 4 is 103 Å². The van der Waals surface area contributed by atoms with Crippen LogP contribution in [-0.4, -0.2) is 23.9 Å². The monoisotopic (exact) mass is 751 g/mol. The summed E-state index contributed by atoms with van der Waals surface area (Å²) >= 11 is 0. The maximum absolute atomic E-state index is 6.57. The van der Waals surface area contributed by atoms with Gasteiger partial charge in [0.1, 0.15) is 11.2 Å². The molecular weight excluding hydrogens is 723 g/mol. The molecule has 0 aliphatic rings. The Morgan fingerprint density at radius 1 is 0.373 bits per heavy atom. The molecule has 0 aliphatic heterocycles. The number of benzene rings is 9. The van der Waals surface area contributed by atoms with Crippen LogP contribution in [0.3, 0.4) is 0 Å². The van der Waals surface area contributed by atoms with Crippen LogP contribution in [0.25, 0.3) is 132 Å². The van der Waals surface area contributed by atoms with E-state index < -0.39 is 0 Å². The highest BCUT2D eigenvalue weighted by molar-refractivity contribution is 6.40. The molecule has 0 saturated carbocycles. The fourth-order valence-corrected chi connectivity index (χ4v) is 10.1. The summed E-state index contributed by atoms with van der Waals surface area (Å²) in [6, 6.07) is 62.2. The molecule has 5 heterocycles. The molecule has 0 spiro atoms. The number of rotatable bonds is 3. The Hall–Kier alpha value is -8.09. The van der Waals surface area contributed by atoms with E-state index in [1.54, 1.807) is 0 Å². The van der Waals surface area contributed by atoms with Gasteiger partial charge in [-0.1, -0.05) is 152 Å². The lowest BCUT2D eigenvalue weighted by Crippen LogP contribution is -2.06. The number of hydrogen-bond donors (Lipinski definition) is 0. The van der Waals surface area contributed by atoms with Crippen LogP contribution in [0.1, 0.15) is 0 Å². The van der Waals surface area contributed by atoms with Gasteiger partial charge in [-0.3, -0.25) is 4.57 Å². The lowest BCUT2D eigenvalue weighted by molar-refractivity contribution is 0.669. The predicted molar refractivity (Wildman–Crippen MR) is 242 cm³/mol. The Balaban J connectivity index is 1.18. The summed E-state index contributed by atoms with van der Waals surface area (Å²) in [5.74, 6) is 1.68. The van der Waals surface area contributed by atoms with Gasteiger partial charge in [0.2, 0.25) is 5.95 Å². The van der Waals surface area contributed by atoms with E-state index in [2.05, 4.69) is 148 Å². The molecular formula is C53H29N5O. The normalized spacial score (nSPS) is 12.4. The molecule has 0 bridgehead atoms. The van der Waals surface area contributed by atoms with E-state index in [-0.39, 0.29) is 0 Å². The van der Waals surface area contributed by atoms with Gasteiger partial charge in [-0.15, -0.1) is 0 Å². The number of para-hydroxylation sites is 4. The highest BCUT2D eigenvalue weighted by atomic mass is 16.3. The molecule has 6 nitrogen and oxygen atoms in total. The van der Waals surface area contributed by atoms with E-state index in [1.807, 2.05) is 36.4 Å². The van der Waals surface area contributed by atoms with E-state index in [0.29, 0.717) is 17.6 Å². The lowest BCUT2D eigenvalue weighted by Gasteiger charge is -2.13. The average Bonchev–Trinajstić information content (AvgIpc) is 4.05. The van der Waals surface area contributed by atoms with Crippen LogP contribution in [0.15, 0.2) is 180 Å². The molecule has 6 heteroatoms. The summed E-state index contributed by atoms with van der Waals surface area (Å²) in [6.45, 7) is 0. The number of aromatic nitrogens is 5. The van der Waals surface area contributed by atoms with Crippen LogP contribution in [0.4, 0.5) is 0 Å². The van der Waals surface area contributed by atoms with Crippen molar-refractivity contribution in [1.29, 1.82) is 0 Å². The molecule has 59 heavy (non-hydrogen) atoms. The molecule has 0 atom stereocenters. The maximum Gasteiger partial charge on any atom is 0.238 e. The number of nitrogens with zero attached hydrogens (tertiary/aromatic N) is 5. The minimum Gasteiger partial charge on any atom is -0.455 e. The van der Waals surface area contributed by atoms with Gasteiger partial charge in [-0.05, 0) is 40.4 Å². The maximum atomic E-state index is 6.57. The van der Waals surface area contributed by atoms with E-state index in [9.17, 15) is 0 Å². The Kier molecular flexibility index (Phi) is 5.93. The van der Waals surface area contributed by atoms with Gasteiger partial charge >= 0.3 is 0 Å². The number of hydrogen-bond acceptors (Lipinski definition) is 4. The van der Waals surface area contributed by atoms with Gasteiger partial charge in [0.25, 0.3) is 0 Å². The van der Waals surface area contributed by atoms with Crippen LogP contribution < -0.4 is 0 Å². The third-order valence-corrected chi connectivity index (χ3v) is 12.5. The highest BCUT2D eigenvalue weighted by Crippen LogP contribution is 2.49. The minimum atomic E-state index is 0.544. The SMILES string of the molecule is c1ccc(-c2nc(-c3cccc4c3oc3ccccc34)nc(-n3c4ccccc4c4c3c3ccccc3c3c5cccc6c7c8ccccc8ccc7n(c65)c34)n2)cc1. The smallest absolute Gasteiger partial charge is 0.238 e. The Bertz CT molecular complexity index is 4080. The van der Waals surface area contributed by atoms with Crippen molar-refractivity contribution in [3.63, 3.8) is 0 Å². The van der Waals surface area contributed by atoms with Crippen molar-refractivity contribution in [3.8, 4) is 28.7 Å². The molecule has 0 amide bonds. The molecule has 0 saturated heterocycles. The molecule has 0 radical (unpaired) electrons. The Morgan fingerprint density at radius 3 is 1.92 bits per heavy atom. The summed E-state index contributed by atoms with van der Waals surface area (Å²) in [4.78, 5) is 16.0. The molecule has 0 unspecified atom stereocenters. The first-order valence-corrected chi connectivity index (χ1v) is 20.0. The van der Waals surface area contributed by atoms with Gasteiger partial charge in [0.05, 0.1) is 33.1 Å². The fraction of sp³-hybridized carbons (Fsp3) is 0. The third kappa shape index (κ3) is 4.02. The Morgan fingerprint density at radius 2 is 1.03 bits per heavy atom. The molecule has 0 aliphatic carbocycles. The summed E-state index contributed by atoms with van der Waals surface area (Å²) in [5.41, 5.74) is 9.02. The molecule has 272 valence electrons. The highest BCUT2D eigenvalue weighted by Gasteiger charge is 2.27. The van der Waals surface area contributed by atoms with Crippen LogP contribution in [0.5, 0.6) is 0 Å². The van der Waals surface area contributed by atoms with Crippen molar-refractivity contribution in [1.82, 2.24) is 23.9 Å². The first-order valence-electron chi connectivity index (χ1n) is 20.0. The predicted octanol–water partition coefficient (Wildman–Crippen LogP) is 13.7. The fourth-order valence-electron chi connectivity index (χ4n) is 10.1. The average molecular weight is 752 g/mol. The topological polar surface area (TPSA) is 61.2 Å². The first kappa shape index (κ1) is 31.0. The van der Waals surface area contributed by atoms with E-state index in [0.717, 1.165) is 54.9 Å². The van der Waals surface area contributed by atoms with E-state index in [1.165, 1.54) is 59.6 Å². The van der Waals surface area contributed by atoms with Crippen molar-refractivity contribution in [2.45, 2.75) is 0 Å². The van der Waals surface area contributed by atoms with Crippen molar-refractivity contribution in [3.05, 3.63) is 176 Å². The van der Waals surface area contributed by atoms with Crippen molar-refractivity contribution in [2.24, 2.45) is 0 Å². The Labute approximate surface area is 335 Å². The van der Waals surface area contributed by atoms with Crippen LogP contribution in [0.2, 0.25) is 0 Å². The van der Waals surface area contributed by atoms with Crippen molar-refractivity contribution in [2.75, 3.05) is 0 Å². The second-order valence-corrected chi connectivity index (χ2v) is 15.5. The minimum absolute atomic E-state index is 0.544. The summed E-state index contributed by atoms with van der Waals surface area (Å²) in [5, 5.41) is 14.3. The van der Waals surface area contributed by atoms with Gasteiger partial charge in [0.15, 0.2) is 11.6 Å². The summed E-state index contributed by atoms with van der Waals surface area (Å²) in [6.07, 6.45) is 0. The molecule has 5 aromatic heterocycles. The number of furan rings is 1. The lowest BCUT2D eigenvalue weighted by atomic mass is 9.97. The van der Waals surface area contributed by atoms with Crippen LogP contribution in [0, 0.1) is 0 Å². The first-order chi connectivity index (χ1) is 29.3. The zero-order chi connectivity index (χ0) is 38.3. The molecule has 0 N–H and O–H groups in total. The molecule has 0 fully saturated rings. The standard InChI is InChI=1S/C53H29N5O/c1-2-15-31(16-3-1)51-54-52(40-25-12-22-36-33-18-9-11-27-43(33)59-50(36)40)56-53(55-51)58-41-26-10-8-21-37(41)46-48(58)35-20-7-6-19-34(35)45-39-24-13-23-38-44-32-17-5-4-14-30(32)28-29-42(44)57(47(38)39)49(45)46/h1-29H. The van der Waals surface area contributed by atoms with Gasteiger partial charge in [-0.2, -0.15) is 9.97 Å². The quantitative estimate of drug-likeness (QED) is 0.180. The summed E-state index contributed by atoms with van der Waals surface area (Å²) < 4.78 is 11.4.